The monoisotopic (exact) mass is 254 g/mol. The normalized spacial score (nSPS) is 9.21. The molecule has 0 atom stereocenters. The molecule has 0 fully saturated rings. The zero-order valence-electron chi connectivity index (χ0n) is 7.45. The Morgan fingerprint density at radius 1 is 1.79 bits per heavy atom. The highest BCUT2D eigenvalue weighted by atomic mass is 79.9. The number of nitriles is 1. The van der Waals surface area contributed by atoms with Gasteiger partial charge in [-0.05, 0) is 22.0 Å². The van der Waals surface area contributed by atoms with Gasteiger partial charge in [-0.25, -0.2) is 0 Å². The van der Waals surface area contributed by atoms with Gasteiger partial charge in [-0.15, -0.1) is 0 Å². The molecule has 0 radical (unpaired) electrons. The smallest absolute Gasteiger partial charge is 0.311 e. The van der Waals surface area contributed by atoms with Crippen molar-refractivity contribution in [1.29, 1.82) is 5.26 Å². The van der Waals surface area contributed by atoms with E-state index in [9.17, 15) is 4.79 Å². The highest BCUT2D eigenvalue weighted by molar-refractivity contribution is 9.10. The van der Waals surface area contributed by atoms with Crippen LogP contribution in [0.1, 0.15) is 11.3 Å². The average molecular weight is 255 g/mol. The quantitative estimate of drug-likeness (QED) is 0.750. The van der Waals surface area contributed by atoms with Crippen molar-refractivity contribution in [3.63, 3.8) is 0 Å². The van der Waals surface area contributed by atoms with Crippen LogP contribution in [0.5, 0.6) is 0 Å². The van der Waals surface area contributed by atoms with Crippen LogP contribution >= 0.6 is 15.9 Å². The molecule has 5 heteroatoms. The average Bonchev–Trinajstić information content (AvgIpc) is 2.20. The SMILES string of the molecule is COC(=O)Cc1ncc(Br)cc1C#N. The summed E-state index contributed by atoms with van der Waals surface area (Å²) in [5.74, 6) is -0.406. The second-order valence-electron chi connectivity index (χ2n) is 2.51. The predicted molar refractivity (Wildman–Crippen MR) is 52.4 cm³/mol. The maximum atomic E-state index is 11.0. The van der Waals surface area contributed by atoms with E-state index in [1.54, 1.807) is 12.3 Å². The van der Waals surface area contributed by atoms with Crippen molar-refractivity contribution in [2.24, 2.45) is 0 Å². The number of aromatic nitrogens is 1. The van der Waals surface area contributed by atoms with E-state index < -0.39 is 5.97 Å². The van der Waals surface area contributed by atoms with Gasteiger partial charge in [0.05, 0.1) is 24.8 Å². The molecule has 1 heterocycles. The number of pyridine rings is 1. The molecule has 0 aliphatic rings. The zero-order valence-corrected chi connectivity index (χ0v) is 9.04. The van der Waals surface area contributed by atoms with Gasteiger partial charge in [0.25, 0.3) is 0 Å². The van der Waals surface area contributed by atoms with E-state index in [1.807, 2.05) is 6.07 Å². The number of hydrogen-bond acceptors (Lipinski definition) is 4. The van der Waals surface area contributed by atoms with E-state index in [2.05, 4.69) is 25.7 Å². The van der Waals surface area contributed by atoms with Crippen LogP contribution < -0.4 is 0 Å². The summed E-state index contributed by atoms with van der Waals surface area (Å²) >= 11 is 3.19. The number of carbonyl (C=O) groups excluding carboxylic acids is 1. The first-order valence-electron chi connectivity index (χ1n) is 3.78. The van der Waals surface area contributed by atoms with Crippen LogP contribution in [0, 0.1) is 11.3 Å². The Morgan fingerprint density at radius 3 is 3.07 bits per heavy atom. The first-order valence-corrected chi connectivity index (χ1v) is 4.58. The molecule has 14 heavy (non-hydrogen) atoms. The van der Waals surface area contributed by atoms with Crippen molar-refractivity contribution >= 4 is 21.9 Å². The van der Waals surface area contributed by atoms with Gasteiger partial charge in [0, 0.05) is 10.7 Å². The van der Waals surface area contributed by atoms with E-state index >= 15 is 0 Å². The van der Waals surface area contributed by atoms with Gasteiger partial charge in [-0.3, -0.25) is 9.78 Å². The van der Waals surface area contributed by atoms with Gasteiger partial charge in [0.1, 0.15) is 6.07 Å². The van der Waals surface area contributed by atoms with Crippen molar-refractivity contribution in [2.45, 2.75) is 6.42 Å². The van der Waals surface area contributed by atoms with Crippen molar-refractivity contribution in [2.75, 3.05) is 7.11 Å². The first kappa shape index (κ1) is 10.7. The number of halogens is 1. The number of ether oxygens (including phenoxy) is 1. The third-order valence-corrected chi connectivity index (χ3v) is 2.03. The van der Waals surface area contributed by atoms with Crippen molar-refractivity contribution in [3.05, 3.63) is 28.0 Å². The number of carbonyl (C=O) groups is 1. The molecule has 1 rings (SSSR count). The number of hydrogen-bond donors (Lipinski definition) is 0. The molecule has 0 bridgehead atoms. The van der Waals surface area contributed by atoms with Crippen LogP contribution in [0.3, 0.4) is 0 Å². The number of methoxy groups -OCH3 is 1. The lowest BCUT2D eigenvalue weighted by atomic mass is 10.1. The molecular weight excluding hydrogens is 248 g/mol. The molecule has 0 N–H and O–H groups in total. The molecule has 0 saturated heterocycles. The van der Waals surface area contributed by atoms with Crippen LogP contribution in [0.25, 0.3) is 0 Å². The molecule has 0 unspecified atom stereocenters. The fraction of sp³-hybridized carbons (Fsp3) is 0.222. The second-order valence-corrected chi connectivity index (χ2v) is 3.43. The van der Waals surface area contributed by atoms with E-state index in [4.69, 9.17) is 5.26 Å². The number of rotatable bonds is 2. The Bertz CT molecular complexity index is 398. The minimum atomic E-state index is -0.406. The molecule has 0 aromatic carbocycles. The van der Waals surface area contributed by atoms with Crippen LogP contribution in [-0.2, 0) is 16.0 Å². The highest BCUT2D eigenvalue weighted by Gasteiger charge is 2.09. The molecular formula is C9H7BrN2O2. The number of esters is 1. The minimum Gasteiger partial charge on any atom is -0.469 e. The summed E-state index contributed by atoms with van der Waals surface area (Å²) in [6, 6.07) is 3.58. The highest BCUT2D eigenvalue weighted by Crippen LogP contribution is 2.13. The Balaban J connectivity index is 2.98. The topological polar surface area (TPSA) is 63.0 Å². The predicted octanol–water partition coefficient (Wildman–Crippen LogP) is 1.43. The van der Waals surface area contributed by atoms with Gasteiger partial charge in [-0.1, -0.05) is 0 Å². The van der Waals surface area contributed by atoms with Crippen molar-refractivity contribution < 1.29 is 9.53 Å². The van der Waals surface area contributed by atoms with Gasteiger partial charge < -0.3 is 4.74 Å². The zero-order chi connectivity index (χ0) is 10.6. The summed E-state index contributed by atoms with van der Waals surface area (Å²) in [5.41, 5.74) is 0.812. The van der Waals surface area contributed by atoms with Crippen molar-refractivity contribution in [3.8, 4) is 6.07 Å². The fourth-order valence-electron chi connectivity index (χ4n) is 0.914. The standard InChI is InChI=1S/C9H7BrN2O2/c1-14-9(13)3-8-6(4-11)2-7(10)5-12-8/h2,5H,3H2,1H3. The summed E-state index contributed by atoms with van der Waals surface area (Å²) in [5, 5.41) is 8.77. The maximum Gasteiger partial charge on any atom is 0.311 e. The molecule has 1 aromatic rings. The van der Waals surface area contributed by atoms with Crippen LogP contribution in [0.4, 0.5) is 0 Å². The van der Waals surface area contributed by atoms with E-state index in [0.717, 1.165) is 0 Å². The Labute approximate surface area is 89.6 Å². The molecule has 0 spiro atoms. The largest absolute Gasteiger partial charge is 0.469 e. The van der Waals surface area contributed by atoms with E-state index in [1.165, 1.54) is 7.11 Å². The Kier molecular flexibility index (Phi) is 3.60. The molecule has 72 valence electrons. The summed E-state index contributed by atoms with van der Waals surface area (Å²) < 4.78 is 5.19. The summed E-state index contributed by atoms with van der Waals surface area (Å²) in [6.45, 7) is 0. The van der Waals surface area contributed by atoms with Crippen LogP contribution in [-0.4, -0.2) is 18.1 Å². The molecule has 4 nitrogen and oxygen atoms in total. The van der Waals surface area contributed by atoms with Crippen LogP contribution in [0.15, 0.2) is 16.7 Å². The van der Waals surface area contributed by atoms with Gasteiger partial charge in [0.15, 0.2) is 0 Å². The fourth-order valence-corrected chi connectivity index (χ4v) is 1.25. The maximum absolute atomic E-state index is 11.0. The lowest BCUT2D eigenvalue weighted by Crippen LogP contribution is -2.07. The molecule has 1 aromatic heterocycles. The lowest BCUT2D eigenvalue weighted by Gasteiger charge is -2.01. The third kappa shape index (κ3) is 2.54. The lowest BCUT2D eigenvalue weighted by molar-refractivity contribution is -0.139. The molecule has 0 saturated carbocycles. The first-order chi connectivity index (χ1) is 6.67. The Hall–Kier alpha value is -1.41. The van der Waals surface area contributed by atoms with Crippen molar-refractivity contribution in [1.82, 2.24) is 4.98 Å². The van der Waals surface area contributed by atoms with E-state index in [-0.39, 0.29) is 6.42 Å². The van der Waals surface area contributed by atoms with Gasteiger partial charge >= 0.3 is 5.97 Å². The van der Waals surface area contributed by atoms with Crippen LogP contribution in [0.2, 0.25) is 0 Å². The Morgan fingerprint density at radius 2 is 2.50 bits per heavy atom. The second kappa shape index (κ2) is 4.72. The number of nitrogens with zero attached hydrogens (tertiary/aromatic N) is 2. The summed E-state index contributed by atoms with van der Waals surface area (Å²) in [6.07, 6.45) is 1.56. The summed E-state index contributed by atoms with van der Waals surface area (Å²) in [4.78, 5) is 14.9. The van der Waals surface area contributed by atoms with E-state index in [0.29, 0.717) is 15.7 Å². The molecule has 0 aliphatic carbocycles. The third-order valence-electron chi connectivity index (χ3n) is 1.60. The minimum absolute atomic E-state index is 0.0205. The molecule has 0 amide bonds. The van der Waals surface area contributed by atoms with Gasteiger partial charge in [-0.2, -0.15) is 5.26 Å². The summed E-state index contributed by atoms with van der Waals surface area (Å²) in [7, 11) is 1.30. The molecule has 0 aliphatic heterocycles. The van der Waals surface area contributed by atoms with Gasteiger partial charge in [0.2, 0.25) is 0 Å².